The molecule has 0 N–H and O–H groups in total. The van der Waals surface area contributed by atoms with E-state index in [9.17, 15) is 4.79 Å². The van der Waals surface area contributed by atoms with Gasteiger partial charge in [0.2, 0.25) is 0 Å². The highest BCUT2D eigenvalue weighted by Gasteiger charge is 2.17. The first-order chi connectivity index (χ1) is 11.3. The highest BCUT2D eigenvalue weighted by atomic mass is 16.5. The van der Waals surface area contributed by atoms with Gasteiger partial charge in [-0.3, -0.25) is 14.8 Å². The van der Waals surface area contributed by atoms with Gasteiger partial charge in [0.25, 0.3) is 0 Å². The lowest BCUT2D eigenvalue weighted by Gasteiger charge is -2.27. The van der Waals surface area contributed by atoms with Gasteiger partial charge in [0.15, 0.2) is 16.9 Å². The van der Waals surface area contributed by atoms with Crippen molar-refractivity contribution in [2.45, 2.75) is 0 Å². The fourth-order valence-electron chi connectivity index (χ4n) is 2.72. The molecule has 6 nitrogen and oxygen atoms in total. The fraction of sp³-hybridized carbons (Fsp3) is 0.235. The largest absolute Gasteiger partial charge is 0.438 e. The highest BCUT2D eigenvalue weighted by Crippen LogP contribution is 2.27. The second kappa shape index (κ2) is 5.81. The maximum Gasteiger partial charge on any atom is 0.200 e. The zero-order chi connectivity index (χ0) is 15.6. The van der Waals surface area contributed by atoms with Crippen LogP contribution >= 0.6 is 0 Å². The van der Waals surface area contributed by atoms with Gasteiger partial charge in [-0.2, -0.15) is 0 Å². The van der Waals surface area contributed by atoms with Crippen LogP contribution in [-0.4, -0.2) is 36.3 Å². The van der Waals surface area contributed by atoms with Crippen LogP contribution in [0.15, 0.2) is 52.1 Å². The first-order valence-electron chi connectivity index (χ1n) is 7.49. The monoisotopic (exact) mass is 309 g/mol. The standard InChI is InChI=1S/C17H15N3O3/c21-14-11-15(20-7-9-22-10-8-20)23-17-13(14)3-6-19-16(17)12-1-4-18-5-2-12/h1-6,11H,7-10H2. The Bertz CT molecular complexity index is 886. The van der Waals surface area contributed by atoms with Crippen LogP contribution in [0.3, 0.4) is 0 Å². The van der Waals surface area contributed by atoms with Crippen molar-refractivity contribution in [2.75, 3.05) is 31.2 Å². The molecule has 0 aliphatic carbocycles. The van der Waals surface area contributed by atoms with Gasteiger partial charge >= 0.3 is 0 Å². The van der Waals surface area contributed by atoms with Crippen molar-refractivity contribution >= 4 is 16.9 Å². The Balaban J connectivity index is 1.91. The summed E-state index contributed by atoms with van der Waals surface area (Å²) in [5, 5.41) is 0.531. The molecule has 0 amide bonds. The normalized spacial score (nSPS) is 15.0. The minimum Gasteiger partial charge on any atom is -0.438 e. The Morgan fingerprint density at radius 3 is 2.61 bits per heavy atom. The molecule has 0 saturated carbocycles. The van der Waals surface area contributed by atoms with Gasteiger partial charge in [-0.1, -0.05) is 0 Å². The number of aromatic nitrogens is 2. The van der Waals surface area contributed by atoms with E-state index in [2.05, 4.69) is 9.97 Å². The molecule has 0 atom stereocenters. The Hall–Kier alpha value is -2.73. The molecule has 0 spiro atoms. The predicted octanol–water partition coefficient (Wildman–Crippen LogP) is 2.09. The van der Waals surface area contributed by atoms with Crippen LogP contribution in [0.4, 0.5) is 5.88 Å². The molecule has 0 radical (unpaired) electrons. The molecule has 1 aliphatic heterocycles. The summed E-state index contributed by atoms with van der Waals surface area (Å²) in [5.74, 6) is 0.564. The van der Waals surface area contributed by atoms with E-state index in [1.807, 2.05) is 17.0 Å². The molecular weight excluding hydrogens is 294 g/mol. The number of rotatable bonds is 2. The number of hydrogen-bond donors (Lipinski definition) is 0. The Kier molecular flexibility index (Phi) is 3.51. The molecule has 4 heterocycles. The van der Waals surface area contributed by atoms with Crippen molar-refractivity contribution in [3.8, 4) is 11.3 Å². The van der Waals surface area contributed by atoms with E-state index in [-0.39, 0.29) is 5.43 Å². The molecular formula is C17H15N3O3. The van der Waals surface area contributed by atoms with Crippen molar-refractivity contribution in [1.29, 1.82) is 0 Å². The molecule has 1 saturated heterocycles. The van der Waals surface area contributed by atoms with E-state index < -0.39 is 0 Å². The number of morpholine rings is 1. The summed E-state index contributed by atoms with van der Waals surface area (Å²) in [5.41, 5.74) is 1.96. The fourth-order valence-corrected chi connectivity index (χ4v) is 2.72. The van der Waals surface area contributed by atoms with Gasteiger partial charge in [0.05, 0.1) is 18.6 Å². The lowest BCUT2D eigenvalue weighted by Crippen LogP contribution is -2.36. The van der Waals surface area contributed by atoms with Gasteiger partial charge in [0.1, 0.15) is 5.69 Å². The number of hydrogen-bond acceptors (Lipinski definition) is 6. The third-order valence-corrected chi connectivity index (χ3v) is 3.91. The van der Waals surface area contributed by atoms with Crippen molar-refractivity contribution in [2.24, 2.45) is 0 Å². The lowest BCUT2D eigenvalue weighted by molar-refractivity contribution is 0.121. The predicted molar refractivity (Wildman–Crippen MR) is 86.5 cm³/mol. The second-order valence-corrected chi connectivity index (χ2v) is 5.32. The van der Waals surface area contributed by atoms with E-state index in [0.717, 1.165) is 5.56 Å². The van der Waals surface area contributed by atoms with Crippen LogP contribution < -0.4 is 10.3 Å². The number of anilines is 1. The van der Waals surface area contributed by atoms with Crippen LogP contribution in [0, 0.1) is 0 Å². The summed E-state index contributed by atoms with van der Waals surface area (Å²) in [6, 6.07) is 6.94. The minimum absolute atomic E-state index is 0.0644. The maximum absolute atomic E-state index is 12.5. The van der Waals surface area contributed by atoms with Gasteiger partial charge in [0, 0.05) is 43.3 Å². The topological polar surface area (TPSA) is 68.5 Å². The zero-order valence-corrected chi connectivity index (χ0v) is 12.4. The summed E-state index contributed by atoms with van der Waals surface area (Å²) >= 11 is 0. The SMILES string of the molecule is O=c1cc(N2CCOCC2)oc2c(-c3ccncc3)nccc12. The maximum atomic E-state index is 12.5. The van der Waals surface area contributed by atoms with E-state index in [4.69, 9.17) is 9.15 Å². The van der Waals surface area contributed by atoms with Crippen LogP contribution in [0.2, 0.25) is 0 Å². The van der Waals surface area contributed by atoms with Crippen LogP contribution in [-0.2, 0) is 4.74 Å². The smallest absolute Gasteiger partial charge is 0.200 e. The average Bonchev–Trinajstić information content (AvgIpc) is 2.63. The molecule has 1 fully saturated rings. The van der Waals surface area contributed by atoms with Gasteiger partial charge < -0.3 is 14.1 Å². The number of ether oxygens (including phenoxy) is 1. The molecule has 6 heteroatoms. The van der Waals surface area contributed by atoms with Crippen molar-refractivity contribution in [3.05, 3.63) is 53.1 Å². The number of nitrogens with zero attached hydrogens (tertiary/aromatic N) is 3. The van der Waals surface area contributed by atoms with E-state index in [1.54, 1.807) is 30.7 Å². The van der Waals surface area contributed by atoms with Gasteiger partial charge in [-0.05, 0) is 18.2 Å². The van der Waals surface area contributed by atoms with Crippen molar-refractivity contribution < 1.29 is 9.15 Å². The molecule has 4 rings (SSSR count). The molecule has 0 bridgehead atoms. The lowest BCUT2D eigenvalue weighted by atomic mass is 10.1. The highest BCUT2D eigenvalue weighted by molar-refractivity contribution is 5.89. The van der Waals surface area contributed by atoms with Crippen LogP contribution in [0.1, 0.15) is 0 Å². The third-order valence-electron chi connectivity index (χ3n) is 3.91. The van der Waals surface area contributed by atoms with Gasteiger partial charge in [-0.15, -0.1) is 0 Å². The first-order valence-corrected chi connectivity index (χ1v) is 7.49. The summed E-state index contributed by atoms with van der Waals surface area (Å²) in [6.07, 6.45) is 5.02. The van der Waals surface area contributed by atoms with Crippen molar-refractivity contribution in [3.63, 3.8) is 0 Å². The molecule has 23 heavy (non-hydrogen) atoms. The Morgan fingerprint density at radius 2 is 1.83 bits per heavy atom. The van der Waals surface area contributed by atoms with Crippen molar-refractivity contribution in [1.82, 2.24) is 9.97 Å². The summed E-state index contributed by atoms with van der Waals surface area (Å²) in [7, 11) is 0. The van der Waals surface area contributed by atoms with E-state index >= 15 is 0 Å². The summed E-state index contributed by atoms with van der Waals surface area (Å²) < 4.78 is 11.4. The quantitative estimate of drug-likeness (QED) is 0.722. The van der Waals surface area contributed by atoms with Gasteiger partial charge in [-0.25, -0.2) is 0 Å². The summed E-state index contributed by atoms with van der Waals surface area (Å²) in [6.45, 7) is 2.68. The third kappa shape index (κ3) is 2.57. The van der Waals surface area contributed by atoms with Crippen LogP contribution in [0.25, 0.3) is 22.2 Å². The Morgan fingerprint density at radius 1 is 1.04 bits per heavy atom. The molecule has 3 aromatic rings. The number of fused-ring (bicyclic) bond motifs is 1. The second-order valence-electron chi connectivity index (χ2n) is 5.32. The van der Waals surface area contributed by atoms with Crippen LogP contribution in [0.5, 0.6) is 0 Å². The molecule has 0 unspecified atom stereocenters. The number of pyridine rings is 2. The Labute approximate surface area is 132 Å². The first kappa shape index (κ1) is 13.9. The van der Waals surface area contributed by atoms with E-state index in [0.29, 0.717) is 48.9 Å². The molecule has 116 valence electrons. The average molecular weight is 309 g/mol. The molecule has 1 aliphatic rings. The molecule has 3 aromatic heterocycles. The molecule has 0 aromatic carbocycles. The van der Waals surface area contributed by atoms with E-state index in [1.165, 1.54) is 0 Å². The minimum atomic E-state index is -0.0644. The zero-order valence-electron chi connectivity index (χ0n) is 12.4. The summed E-state index contributed by atoms with van der Waals surface area (Å²) in [4.78, 5) is 22.9.